The molecule has 30 heavy (non-hydrogen) atoms. The maximum atomic E-state index is 12.7. The molecule has 150 valence electrons. The molecule has 3 aromatic heterocycles. The lowest BCUT2D eigenvalue weighted by Crippen LogP contribution is -2.29. The first-order valence-electron chi connectivity index (χ1n) is 9.41. The van der Waals surface area contributed by atoms with Crippen molar-refractivity contribution in [3.8, 4) is 10.6 Å². The Morgan fingerprint density at radius 3 is 2.70 bits per heavy atom. The number of carbonyl (C=O) groups excluding carboxylic acids is 1. The zero-order valence-corrected chi connectivity index (χ0v) is 17.5. The van der Waals surface area contributed by atoms with Gasteiger partial charge in [-0.2, -0.15) is 5.10 Å². The molecule has 0 aliphatic heterocycles. The number of thiophene rings is 1. The molecule has 0 saturated heterocycles. The van der Waals surface area contributed by atoms with E-state index in [0.717, 1.165) is 27.4 Å². The van der Waals surface area contributed by atoms with Crippen LogP contribution in [0.1, 0.15) is 22.9 Å². The number of nitrogens with one attached hydrogen (secondary N) is 2. The smallest absolute Gasteiger partial charge is 0.244 e. The number of pyridine rings is 1. The summed E-state index contributed by atoms with van der Waals surface area (Å²) in [5.41, 5.74) is 3.60. The summed E-state index contributed by atoms with van der Waals surface area (Å²) in [6.45, 7) is 0. The number of carbonyl (C=O) groups is 1. The normalized spacial score (nSPS) is 12.2. The molecule has 2 N–H and O–H groups in total. The molecule has 1 unspecified atom stereocenters. The molecule has 1 atom stereocenters. The van der Waals surface area contributed by atoms with E-state index in [1.165, 1.54) is 17.4 Å². The van der Waals surface area contributed by atoms with Crippen LogP contribution in [0.15, 0.2) is 79.1 Å². The number of hydrogen-bond donors (Lipinski definition) is 2. The minimum atomic E-state index is -0.231. The van der Waals surface area contributed by atoms with Gasteiger partial charge >= 0.3 is 0 Å². The standard InChI is InChI=1S/C23H19ClN4OS/c24-21-11-10-20(30-21)23-17(15-26-28-23)9-12-22(29)27-19(18-8-4-5-13-25-18)14-16-6-2-1-3-7-16/h1-13,15,19H,14H2,(H,26,28)(H,27,29)/b12-9+. The second kappa shape index (κ2) is 9.52. The summed E-state index contributed by atoms with van der Waals surface area (Å²) in [5.74, 6) is -0.196. The maximum absolute atomic E-state index is 12.7. The van der Waals surface area contributed by atoms with Crippen LogP contribution in [0.5, 0.6) is 0 Å². The fourth-order valence-corrected chi connectivity index (χ4v) is 4.17. The maximum Gasteiger partial charge on any atom is 0.244 e. The number of nitrogens with zero attached hydrogens (tertiary/aromatic N) is 2. The van der Waals surface area contributed by atoms with Crippen molar-refractivity contribution in [2.45, 2.75) is 12.5 Å². The highest BCUT2D eigenvalue weighted by atomic mass is 35.5. The predicted molar refractivity (Wildman–Crippen MR) is 121 cm³/mol. The van der Waals surface area contributed by atoms with Crippen molar-refractivity contribution in [1.82, 2.24) is 20.5 Å². The molecule has 0 aliphatic rings. The first-order chi connectivity index (χ1) is 14.7. The van der Waals surface area contributed by atoms with Crippen LogP contribution in [-0.2, 0) is 11.2 Å². The number of halogens is 1. The van der Waals surface area contributed by atoms with Gasteiger partial charge in [-0.05, 0) is 42.3 Å². The van der Waals surface area contributed by atoms with E-state index in [4.69, 9.17) is 11.6 Å². The third-order valence-electron chi connectivity index (χ3n) is 4.55. The number of aromatic nitrogens is 3. The summed E-state index contributed by atoms with van der Waals surface area (Å²) >= 11 is 7.49. The SMILES string of the molecule is O=C(/C=C/c1cn[nH]c1-c1ccc(Cl)s1)NC(Cc1ccccc1)c1ccccn1. The zero-order valence-electron chi connectivity index (χ0n) is 16.0. The average Bonchev–Trinajstić information content (AvgIpc) is 3.42. The van der Waals surface area contributed by atoms with E-state index >= 15 is 0 Å². The first-order valence-corrected chi connectivity index (χ1v) is 10.6. The van der Waals surface area contributed by atoms with E-state index in [2.05, 4.69) is 20.5 Å². The van der Waals surface area contributed by atoms with E-state index in [-0.39, 0.29) is 11.9 Å². The van der Waals surface area contributed by atoms with Crippen molar-refractivity contribution in [3.05, 3.63) is 100 Å². The molecule has 1 amide bonds. The summed E-state index contributed by atoms with van der Waals surface area (Å²) in [7, 11) is 0. The number of aromatic amines is 1. The number of hydrogen-bond acceptors (Lipinski definition) is 4. The second-order valence-electron chi connectivity index (χ2n) is 6.64. The number of H-pyrrole nitrogens is 1. The summed E-state index contributed by atoms with van der Waals surface area (Å²) < 4.78 is 0.700. The monoisotopic (exact) mass is 434 g/mol. The summed E-state index contributed by atoms with van der Waals surface area (Å²) in [4.78, 5) is 18.1. The van der Waals surface area contributed by atoms with Crippen molar-refractivity contribution in [1.29, 1.82) is 0 Å². The molecule has 1 aromatic carbocycles. The van der Waals surface area contributed by atoms with Crippen LogP contribution in [0.3, 0.4) is 0 Å². The van der Waals surface area contributed by atoms with Crippen molar-refractivity contribution < 1.29 is 4.79 Å². The van der Waals surface area contributed by atoms with Crippen LogP contribution in [-0.4, -0.2) is 21.1 Å². The molecular weight excluding hydrogens is 416 g/mol. The Hall–Kier alpha value is -3.22. The van der Waals surface area contributed by atoms with Gasteiger partial charge in [-0.15, -0.1) is 11.3 Å². The van der Waals surface area contributed by atoms with Gasteiger partial charge in [-0.1, -0.05) is 48.0 Å². The van der Waals surface area contributed by atoms with E-state index in [1.807, 2.05) is 60.7 Å². The lowest BCUT2D eigenvalue weighted by molar-refractivity contribution is -0.117. The summed E-state index contributed by atoms with van der Waals surface area (Å²) in [6, 6.07) is 19.3. The molecule has 0 radical (unpaired) electrons. The Balaban J connectivity index is 1.50. The third kappa shape index (κ3) is 5.03. The van der Waals surface area contributed by atoms with E-state index in [0.29, 0.717) is 10.8 Å². The second-order valence-corrected chi connectivity index (χ2v) is 8.36. The number of rotatable bonds is 7. The molecular formula is C23H19ClN4OS. The number of amides is 1. The van der Waals surface area contributed by atoms with Crippen LogP contribution in [0, 0.1) is 0 Å². The third-order valence-corrected chi connectivity index (χ3v) is 5.80. The van der Waals surface area contributed by atoms with Gasteiger partial charge in [0, 0.05) is 17.8 Å². The molecule has 5 nitrogen and oxygen atoms in total. The van der Waals surface area contributed by atoms with Crippen molar-refractivity contribution in [2.75, 3.05) is 0 Å². The van der Waals surface area contributed by atoms with Gasteiger partial charge in [0.15, 0.2) is 0 Å². The van der Waals surface area contributed by atoms with Gasteiger partial charge in [-0.25, -0.2) is 0 Å². The molecule has 4 rings (SSSR count). The van der Waals surface area contributed by atoms with Gasteiger partial charge in [0.2, 0.25) is 5.91 Å². The average molecular weight is 435 g/mol. The van der Waals surface area contributed by atoms with Gasteiger partial charge < -0.3 is 5.32 Å². The largest absolute Gasteiger partial charge is 0.344 e. The van der Waals surface area contributed by atoms with Gasteiger partial charge in [0.05, 0.1) is 32.8 Å². The van der Waals surface area contributed by atoms with Crippen molar-refractivity contribution in [2.24, 2.45) is 0 Å². The minimum Gasteiger partial charge on any atom is -0.344 e. The topological polar surface area (TPSA) is 70.7 Å². The lowest BCUT2D eigenvalue weighted by atomic mass is 10.0. The molecule has 0 spiro atoms. The highest BCUT2D eigenvalue weighted by molar-refractivity contribution is 7.19. The predicted octanol–water partition coefficient (Wildman–Crippen LogP) is 5.30. The van der Waals surface area contributed by atoms with Crippen molar-refractivity contribution in [3.63, 3.8) is 0 Å². The Bertz CT molecular complexity index is 1140. The molecule has 0 saturated carbocycles. The Labute approximate surface area is 183 Å². The molecule has 4 aromatic rings. The summed E-state index contributed by atoms with van der Waals surface area (Å²) in [5, 5.41) is 10.1. The highest BCUT2D eigenvalue weighted by Gasteiger charge is 2.15. The fraction of sp³-hybridized carbons (Fsp3) is 0.0870. The minimum absolute atomic E-state index is 0.196. The lowest BCUT2D eigenvalue weighted by Gasteiger charge is -2.17. The van der Waals surface area contributed by atoms with Crippen LogP contribution < -0.4 is 5.32 Å². The molecule has 3 heterocycles. The van der Waals surface area contributed by atoms with Crippen LogP contribution in [0.2, 0.25) is 4.34 Å². The Morgan fingerprint density at radius 2 is 1.97 bits per heavy atom. The quantitative estimate of drug-likeness (QED) is 0.388. The van der Waals surface area contributed by atoms with E-state index in [1.54, 1.807) is 18.5 Å². The Kier molecular flexibility index (Phi) is 6.37. The molecule has 0 bridgehead atoms. The van der Waals surface area contributed by atoms with Crippen molar-refractivity contribution >= 4 is 34.9 Å². The summed E-state index contributed by atoms with van der Waals surface area (Å²) in [6.07, 6.45) is 7.35. The first kappa shape index (κ1) is 20.1. The molecule has 7 heteroatoms. The van der Waals surface area contributed by atoms with Crippen LogP contribution in [0.25, 0.3) is 16.6 Å². The fourth-order valence-electron chi connectivity index (χ4n) is 3.11. The van der Waals surface area contributed by atoms with Crippen LogP contribution in [0.4, 0.5) is 0 Å². The van der Waals surface area contributed by atoms with E-state index in [9.17, 15) is 4.79 Å². The molecule has 0 fully saturated rings. The van der Waals surface area contributed by atoms with Gasteiger partial charge in [-0.3, -0.25) is 14.9 Å². The van der Waals surface area contributed by atoms with Gasteiger partial charge in [0.1, 0.15) is 0 Å². The van der Waals surface area contributed by atoms with E-state index < -0.39 is 0 Å². The highest BCUT2D eigenvalue weighted by Crippen LogP contribution is 2.32. The molecule has 0 aliphatic carbocycles. The zero-order chi connectivity index (χ0) is 20.8. The number of benzene rings is 1. The van der Waals surface area contributed by atoms with Crippen LogP contribution >= 0.6 is 22.9 Å². The van der Waals surface area contributed by atoms with Gasteiger partial charge in [0.25, 0.3) is 0 Å². The Morgan fingerprint density at radius 1 is 1.13 bits per heavy atom.